The van der Waals surface area contributed by atoms with Crippen LogP contribution in [0.3, 0.4) is 0 Å². The number of anilines is 1. The van der Waals surface area contributed by atoms with Gasteiger partial charge in [-0.25, -0.2) is 8.42 Å². The normalized spacial score (nSPS) is 13.4. The third-order valence-electron chi connectivity index (χ3n) is 2.16. The van der Waals surface area contributed by atoms with Crippen LogP contribution in [0.2, 0.25) is 0 Å². The molecule has 1 rings (SSSR count). The van der Waals surface area contributed by atoms with Crippen LogP contribution in [0.1, 0.15) is 19.4 Å². The van der Waals surface area contributed by atoms with Crippen LogP contribution >= 0.6 is 0 Å². The zero-order valence-electron chi connectivity index (χ0n) is 8.89. The number of aryl methyl sites for hydroxylation is 1. The van der Waals surface area contributed by atoms with Gasteiger partial charge in [-0.05, 0) is 13.3 Å². The lowest BCUT2D eigenvalue weighted by Gasteiger charge is -2.10. The number of aliphatic carboxylic acids is 1. The summed E-state index contributed by atoms with van der Waals surface area (Å²) in [5.41, 5.74) is 0.682. The number of nitrogens with zero attached hydrogens (tertiary/aromatic N) is 1. The highest BCUT2D eigenvalue weighted by Crippen LogP contribution is 2.15. The van der Waals surface area contributed by atoms with Gasteiger partial charge in [0, 0.05) is 5.56 Å². The Bertz CT molecular complexity index is 479. The van der Waals surface area contributed by atoms with Crippen molar-refractivity contribution in [2.24, 2.45) is 0 Å². The second-order valence-electron chi connectivity index (χ2n) is 3.25. The van der Waals surface area contributed by atoms with E-state index in [0.717, 1.165) is 6.92 Å². The molecule has 0 spiro atoms. The average Bonchev–Trinajstić information content (AvgIpc) is 2.63. The van der Waals surface area contributed by atoms with Crippen molar-refractivity contribution in [1.29, 1.82) is 0 Å². The van der Waals surface area contributed by atoms with Gasteiger partial charge in [0.05, 0.1) is 6.20 Å². The van der Waals surface area contributed by atoms with Crippen LogP contribution in [-0.4, -0.2) is 34.9 Å². The lowest BCUT2D eigenvalue weighted by molar-refractivity contribution is -0.136. The van der Waals surface area contributed by atoms with Gasteiger partial charge in [0.15, 0.2) is 5.25 Å². The van der Waals surface area contributed by atoms with Crippen LogP contribution in [0.4, 0.5) is 5.82 Å². The molecule has 0 aliphatic heterocycles. The molecule has 7 nitrogen and oxygen atoms in total. The van der Waals surface area contributed by atoms with Gasteiger partial charge < -0.3 is 5.11 Å². The van der Waals surface area contributed by atoms with E-state index in [4.69, 9.17) is 5.11 Å². The summed E-state index contributed by atoms with van der Waals surface area (Å²) in [6.07, 6.45) is 2.08. The summed E-state index contributed by atoms with van der Waals surface area (Å²) < 4.78 is 25.3. The minimum absolute atomic E-state index is 0.218. The molecular weight excluding hydrogens is 234 g/mol. The van der Waals surface area contributed by atoms with Gasteiger partial charge in [-0.15, -0.1) is 0 Å². The number of aromatic amines is 1. The van der Waals surface area contributed by atoms with E-state index in [-0.39, 0.29) is 5.82 Å². The Morgan fingerprint density at radius 1 is 1.69 bits per heavy atom. The van der Waals surface area contributed by atoms with Crippen molar-refractivity contribution in [1.82, 2.24) is 10.2 Å². The van der Waals surface area contributed by atoms with Crippen LogP contribution in [0, 0.1) is 0 Å². The van der Waals surface area contributed by atoms with Crippen molar-refractivity contribution in [2.45, 2.75) is 25.5 Å². The van der Waals surface area contributed by atoms with Crippen LogP contribution in [0.15, 0.2) is 6.20 Å². The fraction of sp³-hybridized carbons (Fsp3) is 0.500. The third kappa shape index (κ3) is 2.51. The minimum Gasteiger partial charge on any atom is -0.480 e. The molecule has 1 aromatic rings. The minimum atomic E-state index is -3.94. The topological polar surface area (TPSA) is 112 Å². The van der Waals surface area contributed by atoms with E-state index in [1.807, 2.05) is 6.92 Å². The Kier molecular flexibility index (Phi) is 3.53. The molecule has 0 aliphatic rings. The highest BCUT2D eigenvalue weighted by atomic mass is 32.2. The van der Waals surface area contributed by atoms with Gasteiger partial charge in [-0.2, -0.15) is 5.10 Å². The zero-order valence-corrected chi connectivity index (χ0v) is 9.71. The van der Waals surface area contributed by atoms with Crippen molar-refractivity contribution in [3.63, 3.8) is 0 Å². The van der Waals surface area contributed by atoms with E-state index in [1.165, 1.54) is 6.20 Å². The fourth-order valence-electron chi connectivity index (χ4n) is 1.03. The van der Waals surface area contributed by atoms with Crippen LogP contribution in [0.5, 0.6) is 0 Å². The van der Waals surface area contributed by atoms with Gasteiger partial charge in [0.25, 0.3) is 0 Å². The monoisotopic (exact) mass is 247 g/mol. The number of rotatable bonds is 5. The number of hydrogen-bond donors (Lipinski definition) is 3. The molecule has 0 amide bonds. The maximum absolute atomic E-state index is 11.6. The lowest BCUT2D eigenvalue weighted by Crippen LogP contribution is -2.32. The molecule has 0 radical (unpaired) electrons. The molecule has 0 fully saturated rings. The summed E-state index contributed by atoms with van der Waals surface area (Å²) >= 11 is 0. The highest BCUT2D eigenvalue weighted by Gasteiger charge is 2.28. The molecule has 1 heterocycles. The quantitative estimate of drug-likeness (QED) is 0.687. The maximum Gasteiger partial charge on any atom is 0.323 e. The number of carbonyl (C=O) groups is 1. The van der Waals surface area contributed by atoms with E-state index < -0.39 is 21.2 Å². The predicted molar refractivity (Wildman–Crippen MR) is 57.6 cm³/mol. The second-order valence-corrected chi connectivity index (χ2v) is 5.25. The van der Waals surface area contributed by atoms with Gasteiger partial charge in [-0.1, -0.05) is 6.92 Å². The largest absolute Gasteiger partial charge is 0.480 e. The zero-order chi connectivity index (χ0) is 12.3. The summed E-state index contributed by atoms with van der Waals surface area (Å²) in [5, 5.41) is 13.3. The van der Waals surface area contributed by atoms with Crippen LogP contribution in [-0.2, 0) is 21.2 Å². The molecule has 8 heteroatoms. The highest BCUT2D eigenvalue weighted by molar-refractivity contribution is 7.94. The van der Waals surface area contributed by atoms with Crippen molar-refractivity contribution < 1.29 is 18.3 Å². The summed E-state index contributed by atoms with van der Waals surface area (Å²) in [7, 11) is -3.94. The number of carboxylic acid groups (broad SMARTS) is 1. The second kappa shape index (κ2) is 4.52. The molecular formula is C8H13N3O4S. The molecule has 16 heavy (non-hydrogen) atoms. The van der Waals surface area contributed by atoms with Crippen molar-refractivity contribution >= 4 is 21.8 Å². The van der Waals surface area contributed by atoms with E-state index in [9.17, 15) is 13.2 Å². The van der Waals surface area contributed by atoms with Gasteiger partial charge >= 0.3 is 5.97 Å². The lowest BCUT2D eigenvalue weighted by atomic mass is 10.3. The van der Waals surface area contributed by atoms with Crippen LogP contribution < -0.4 is 4.72 Å². The molecule has 0 aromatic carbocycles. The number of H-pyrrole nitrogens is 1. The van der Waals surface area contributed by atoms with Gasteiger partial charge in [0.1, 0.15) is 5.82 Å². The Balaban J connectivity index is 2.93. The number of hydrogen-bond acceptors (Lipinski definition) is 4. The smallest absolute Gasteiger partial charge is 0.323 e. The molecule has 90 valence electrons. The molecule has 3 N–H and O–H groups in total. The third-order valence-corrected chi connectivity index (χ3v) is 3.78. The molecule has 0 bridgehead atoms. The first-order valence-corrected chi connectivity index (χ1v) is 6.19. The molecule has 1 atom stereocenters. The van der Waals surface area contributed by atoms with E-state index >= 15 is 0 Å². The first-order chi connectivity index (χ1) is 7.38. The summed E-state index contributed by atoms with van der Waals surface area (Å²) in [6.45, 7) is 2.94. The predicted octanol–water partition coefficient (Wildman–Crippen LogP) is 0.187. The Morgan fingerprint density at radius 3 is 2.81 bits per heavy atom. The van der Waals surface area contributed by atoms with Gasteiger partial charge in [0.2, 0.25) is 10.0 Å². The standard InChI is InChI=1S/C8H13N3O4S/c1-3-6-4-9-10-7(6)11-16(14,15)5(2)8(12)13/h4-5H,3H2,1-2H3,(H,12,13)(H2,9,10,11). The summed E-state index contributed by atoms with van der Waals surface area (Å²) in [4.78, 5) is 10.6. The Labute approximate surface area is 92.9 Å². The Morgan fingerprint density at radius 2 is 2.31 bits per heavy atom. The molecule has 0 aliphatic carbocycles. The molecule has 1 unspecified atom stereocenters. The van der Waals surface area contributed by atoms with Crippen molar-refractivity contribution in [3.05, 3.63) is 11.8 Å². The SMILES string of the molecule is CCc1cn[nH]c1NS(=O)(=O)C(C)C(=O)O. The number of carboxylic acids is 1. The number of nitrogens with one attached hydrogen (secondary N) is 2. The Hall–Kier alpha value is -1.57. The summed E-state index contributed by atoms with van der Waals surface area (Å²) in [5.74, 6) is -1.18. The first-order valence-electron chi connectivity index (χ1n) is 4.65. The van der Waals surface area contributed by atoms with E-state index in [0.29, 0.717) is 12.0 Å². The van der Waals surface area contributed by atoms with Gasteiger partial charge in [-0.3, -0.25) is 14.6 Å². The van der Waals surface area contributed by atoms with E-state index in [2.05, 4.69) is 14.9 Å². The summed E-state index contributed by atoms with van der Waals surface area (Å²) in [6, 6.07) is 0. The maximum atomic E-state index is 11.6. The van der Waals surface area contributed by atoms with Crippen LogP contribution in [0.25, 0.3) is 0 Å². The first kappa shape index (κ1) is 12.5. The number of sulfonamides is 1. The van der Waals surface area contributed by atoms with E-state index in [1.54, 1.807) is 0 Å². The fourth-order valence-corrected chi connectivity index (χ4v) is 1.93. The number of aromatic nitrogens is 2. The molecule has 0 saturated carbocycles. The molecule has 0 saturated heterocycles. The molecule has 1 aromatic heterocycles. The van der Waals surface area contributed by atoms with Crippen molar-refractivity contribution in [2.75, 3.05) is 4.72 Å². The van der Waals surface area contributed by atoms with Crippen molar-refractivity contribution in [3.8, 4) is 0 Å². The average molecular weight is 247 g/mol.